The molecule has 1 aliphatic rings. The van der Waals surface area contributed by atoms with Crippen molar-refractivity contribution in [1.29, 1.82) is 0 Å². The number of hydrogen-bond donors (Lipinski definition) is 0. The fraction of sp³-hybridized carbons (Fsp3) is 0.467. The fourth-order valence-electron chi connectivity index (χ4n) is 2.08. The minimum absolute atomic E-state index is 0.130. The molecule has 0 N–H and O–H groups in total. The standard InChI is InChI=1S/C15H18BrNO4/c1-11(21-13-6-4-12(16)5-7-13)15(19)20-10-9-17-8-2-3-14(17)18/h4-7,11H,2-3,8-10H2,1H3. The second kappa shape index (κ2) is 7.45. The van der Waals surface area contributed by atoms with Gasteiger partial charge in [-0.15, -0.1) is 0 Å². The molecule has 1 aliphatic heterocycles. The van der Waals surface area contributed by atoms with Crippen LogP contribution in [0.4, 0.5) is 0 Å². The highest BCUT2D eigenvalue weighted by Gasteiger charge is 2.21. The summed E-state index contributed by atoms with van der Waals surface area (Å²) in [4.78, 5) is 24.9. The molecule has 1 amide bonds. The molecule has 1 aromatic carbocycles. The van der Waals surface area contributed by atoms with Gasteiger partial charge in [-0.05, 0) is 37.6 Å². The highest BCUT2D eigenvalue weighted by molar-refractivity contribution is 9.10. The lowest BCUT2D eigenvalue weighted by molar-refractivity contribution is -0.152. The van der Waals surface area contributed by atoms with Gasteiger partial charge in [0, 0.05) is 17.4 Å². The number of benzene rings is 1. The molecular formula is C15H18BrNO4. The first kappa shape index (κ1) is 15.8. The Morgan fingerprint density at radius 1 is 1.38 bits per heavy atom. The first-order valence-corrected chi connectivity index (χ1v) is 7.72. The molecule has 114 valence electrons. The quantitative estimate of drug-likeness (QED) is 0.735. The Balaban J connectivity index is 1.72. The Morgan fingerprint density at radius 2 is 2.10 bits per heavy atom. The minimum Gasteiger partial charge on any atom is -0.479 e. The van der Waals surface area contributed by atoms with Crippen molar-refractivity contribution >= 4 is 27.8 Å². The summed E-state index contributed by atoms with van der Waals surface area (Å²) in [6.07, 6.45) is 0.799. The van der Waals surface area contributed by atoms with Crippen LogP contribution in [0.15, 0.2) is 28.7 Å². The third kappa shape index (κ3) is 4.74. The molecule has 0 bridgehead atoms. The van der Waals surface area contributed by atoms with Crippen molar-refractivity contribution in [2.45, 2.75) is 25.9 Å². The van der Waals surface area contributed by atoms with E-state index in [0.717, 1.165) is 17.4 Å². The first-order valence-electron chi connectivity index (χ1n) is 6.93. The molecule has 0 aromatic heterocycles. The highest BCUT2D eigenvalue weighted by Crippen LogP contribution is 2.17. The van der Waals surface area contributed by atoms with Crippen LogP contribution in [-0.2, 0) is 14.3 Å². The SMILES string of the molecule is CC(Oc1ccc(Br)cc1)C(=O)OCCN1CCCC1=O. The van der Waals surface area contributed by atoms with Crippen LogP contribution in [0.5, 0.6) is 5.75 Å². The maximum absolute atomic E-state index is 11.8. The molecule has 2 rings (SSSR count). The third-order valence-electron chi connectivity index (χ3n) is 3.24. The summed E-state index contributed by atoms with van der Waals surface area (Å²) in [5.74, 6) is 0.312. The van der Waals surface area contributed by atoms with Crippen molar-refractivity contribution in [3.05, 3.63) is 28.7 Å². The molecule has 6 heteroatoms. The van der Waals surface area contributed by atoms with Crippen molar-refractivity contribution in [3.8, 4) is 5.75 Å². The van der Waals surface area contributed by atoms with E-state index < -0.39 is 12.1 Å². The second-order valence-electron chi connectivity index (χ2n) is 4.87. The fourth-order valence-corrected chi connectivity index (χ4v) is 2.34. The number of amides is 1. The molecule has 1 fully saturated rings. The molecule has 5 nitrogen and oxygen atoms in total. The van der Waals surface area contributed by atoms with E-state index in [1.165, 1.54) is 0 Å². The Hall–Kier alpha value is -1.56. The zero-order valence-electron chi connectivity index (χ0n) is 11.9. The molecule has 1 heterocycles. The van der Waals surface area contributed by atoms with Crippen LogP contribution in [0.1, 0.15) is 19.8 Å². The molecular weight excluding hydrogens is 338 g/mol. The normalized spacial score (nSPS) is 15.9. The lowest BCUT2D eigenvalue weighted by Crippen LogP contribution is -2.32. The van der Waals surface area contributed by atoms with Crippen molar-refractivity contribution in [3.63, 3.8) is 0 Å². The summed E-state index contributed by atoms with van der Waals surface area (Å²) >= 11 is 3.33. The zero-order valence-corrected chi connectivity index (χ0v) is 13.5. The topological polar surface area (TPSA) is 55.8 Å². The molecule has 0 saturated carbocycles. The number of likely N-dealkylation sites (tertiary alicyclic amines) is 1. The molecule has 0 spiro atoms. The van der Waals surface area contributed by atoms with Crippen molar-refractivity contribution in [1.82, 2.24) is 4.90 Å². The Morgan fingerprint density at radius 3 is 2.71 bits per heavy atom. The summed E-state index contributed by atoms with van der Waals surface area (Å²) < 4.78 is 11.6. The van der Waals surface area contributed by atoms with E-state index in [1.54, 1.807) is 24.0 Å². The maximum Gasteiger partial charge on any atom is 0.347 e. The van der Waals surface area contributed by atoms with Crippen LogP contribution in [-0.4, -0.2) is 42.6 Å². The van der Waals surface area contributed by atoms with Gasteiger partial charge in [0.1, 0.15) is 12.4 Å². The Bertz CT molecular complexity index is 503. The van der Waals surface area contributed by atoms with Gasteiger partial charge in [-0.1, -0.05) is 15.9 Å². The van der Waals surface area contributed by atoms with Crippen molar-refractivity contribution < 1.29 is 19.1 Å². The second-order valence-corrected chi connectivity index (χ2v) is 5.78. The van der Waals surface area contributed by atoms with Gasteiger partial charge < -0.3 is 14.4 Å². The van der Waals surface area contributed by atoms with Crippen LogP contribution in [0.25, 0.3) is 0 Å². The van der Waals surface area contributed by atoms with Crippen LogP contribution in [0.2, 0.25) is 0 Å². The lowest BCUT2D eigenvalue weighted by Gasteiger charge is -2.17. The van der Waals surface area contributed by atoms with E-state index >= 15 is 0 Å². The van der Waals surface area contributed by atoms with E-state index in [4.69, 9.17) is 9.47 Å². The van der Waals surface area contributed by atoms with Crippen LogP contribution < -0.4 is 4.74 Å². The highest BCUT2D eigenvalue weighted by atomic mass is 79.9. The van der Waals surface area contributed by atoms with Crippen LogP contribution in [0.3, 0.4) is 0 Å². The smallest absolute Gasteiger partial charge is 0.347 e. The molecule has 1 atom stereocenters. The summed E-state index contributed by atoms with van der Waals surface area (Å²) in [6, 6.07) is 7.23. The predicted octanol–water partition coefficient (Wildman–Crippen LogP) is 2.38. The number of hydrogen-bond acceptors (Lipinski definition) is 4. The number of carbonyl (C=O) groups excluding carboxylic acids is 2. The number of rotatable bonds is 6. The van der Waals surface area contributed by atoms with E-state index in [2.05, 4.69) is 15.9 Å². The molecule has 0 aliphatic carbocycles. The molecule has 1 unspecified atom stereocenters. The van der Waals surface area contributed by atoms with Crippen molar-refractivity contribution in [2.24, 2.45) is 0 Å². The van der Waals surface area contributed by atoms with Gasteiger partial charge in [-0.2, -0.15) is 0 Å². The van der Waals surface area contributed by atoms with Gasteiger partial charge in [0.15, 0.2) is 6.10 Å². The van der Waals surface area contributed by atoms with Gasteiger partial charge in [0.05, 0.1) is 6.54 Å². The summed E-state index contributed by atoms with van der Waals surface area (Å²) in [6.45, 7) is 3.06. The van der Waals surface area contributed by atoms with Gasteiger partial charge in [0.25, 0.3) is 0 Å². The third-order valence-corrected chi connectivity index (χ3v) is 3.76. The van der Waals surface area contributed by atoms with E-state index in [9.17, 15) is 9.59 Å². The summed E-state index contributed by atoms with van der Waals surface area (Å²) in [7, 11) is 0. The van der Waals surface area contributed by atoms with E-state index in [-0.39, 0.29) is 12.5 Å². The van der Waals surface area contributed by atoms with Crippen LogP contribution >= 0.6 is 15.9 Å². The van der Waals surface area contributed by atoms with Gasteiger partial charge >= 0.3 is 5.97 Å². The van der Waals surface area contributed by atoms with Gasteiger partial charge in [-0.25, -0.2) is 4.79 Å². The summed E-state index contributed by atoms with van der Waals surface area (Å²) in [5.41, 5.74) is 0. The van der Waals surface area contributed by atoms with Gasteiger partial charge in [-0.3, -0.25) is 4.79 Å². The van der Waals surface area contributed by atoms with Crippen LogP contribution in [0, 0.1) is 0 Å². The first-order chi connectivity index (χ1) is 10.1. The Labute approximate surface area is 132 Å². The number of ether oxygens (including phenoxy) is 2. The largest absolute Gasteiger partial charge is 0.479 e. The molecule has 0 radical (unpaired) electrons. The van der Waals surface area contributed by atoms with Gasteiger partial charge in [0.2, 0.25) is 5.91 Å². The molecule has 1 aromatic rings. The maximum atomic E-state index is 11.8. The predicted molar refractivity (Wildman–Crippen MR) is 81.0 cm³/mol. The van der Waals surface area contributed by atoms with E-state index in [0.29, 0.717) is 18.7 Å². The number of nitrogens with zero attached hydrogens (tertiary/aromatic N) is 1. The number of esters is 1. The molecule has 1 saturated heterocycles. The number of halogens is 1. The average Bonchev–Trinajstić information content (AvgIpc) is 2.87. The number of carbonyl (C=O) groups is 2. The van der Waals surface area contributed by atoms with Crippen molar-refractivity contribution in [2.75, 3.05) is 19.7 Å². The zero-order chi connectivity index (χ0) is 15.2. The molecule has 21 heavy (non-hydrogen) atoms. The summed E-state index contributed by atoms with van der Waals surface area (Å²) in [5, 5.41) is 0. The van der Waals surface area contributed by atoms with E-state index in [1.807, 2.05) is 12.1 Å². The minimum atomic E-state index is -0.680. The monoisotopic (exact) mass is 355 g/mol. The average molecular weight is 356 g/mol. The Kier molecular flexibility index (Phi) is 5.61. The lowest BCUT2D eigenvalue weighted by atomic mass is 10.3.